The van der Waals surface area contributed by atoms with Gasteiger partial charge in [-0.1, -0.05) is 11.6 Å². The number of carbonyl (C=O) groups is 1. The van der Waals surface area contributed by atoms with Crippen LogP contribution in [0.25, 0.3) is 0 Å². The Morgan fingerprint density at radius 2 is 2.13 bits per heavy atom. The summed E-state index contributed by atoms with van der Waals surface area (Å²) in [7, 11) is 0. The molecule has 4 N–H and O–H groups in total. The van der Waals surface area contributed by atoms with Crippen molar-refractivity contribution >= 4 is 17.6 Å². The molecule has 0 fully saturated rings. The molecule has 82 valence electrons. The first-order valence-electron chi connectivity index (χ1n) is 4.05. The first-order valence-corrected chi connectivity index (χ1v) is 4.42. The molecule has 6 heteroatoms. The van der Waals surface area contributed by atoms with Crippen LogP contribution in [0.2, 0.25) is 5.02 Å². The molecule has 0 bridgehead atoms. The predicted octanol–water partition coefficient (Wildman–Crippen LogP) is 0.924. The van der Waals surface area contributed by atoms with E-state index in [4.69, 9.17) is 22.4 Å². The molecule has 0 aliphatic carbocycles. The molecule has 0 radical (unpaired) electrons. The van der Waals surface area contributed by atoms with E-state index in [2.05, 4.69) is 0 Å². The van der Waals surface area contributed by atoms with Crippen LogP contribution in [0.1, 0.15) is 11.7 Å². The van der Waals surface area contributed by atoms with Crippen LogP contribution in [0.5, 0.6) is 0 Å². The lowest BCUT2D eigenvalue weighted by molar-refractivity contribution is -0.141. The maximum absolute atomic E-state index is 13.2. The molecule has 1 aromatic rings. The van der Waals surface area contributed by atoms with Gasteiger partial charge in [0.15, 0.2) is 0 Å². The second-order valence-corrected chi connectivity index (χ2v) is 3.41. The van der Waals surface area contributed by atoms with Gasteiger partial charge >= 0.3 is 5.97 Å². The van der Waals surface area contributed by atoms with Crippen LogP contribution in [-0.2, 0) is 4.79 Å². The lowest BCUT2D eigenvalue weighted by Crippen LogP contribution is -2.36. The average Bonchev–Trinajstić information content (AvgIpc) is 2.19. The van der Waals surface area contributed by atoms with E-state index in [9.17, 15) is 14.3 Å². The lowest BCUT2D eigenvalue weighted by Gasteiger charge is -2.15. The summed E-state index contributed by atoms with van der Waals surface area (Å²) >= 11 is 5.58. The number of aliphatic hydroxyl groups excluding tert-OH is 1. The summed E-state index contributed by atoms with van der Waals surface area (Å²) in [5.41, 5.74) is 4.93. The van der Waals surface area contributed by atoms with Gasteiger partial charge in [-0.25, -0.2) is 4.39 Å². The number of halogens is 2. The zero-order chi connectivity index (χ0) is 11.6. The van der Waals surface area contributed by atoms with Crippen LogP contribution in [0.3, 0.4) is 0 Å². The molecule has 1 rings (SSSR count). The van der Waals surface area contributed by atoms with E-state index >= 15 is 0 Å². The van der Waals surface area contributed by atoms with Crippen LogP contribution in [0.4, 0.5) is 4.39 Å². The first-order chi connectivity index (χ1) is 6.93. The fourth-order valence-electron chi connectivity index (χ4n) is 1.07. The Bertz CT molecular complexity index is 386. The Hall–Kier alpha value is -1.17. The Kier molecular flexibility index (Phi) is 3.62. The zero-order valence-corrected chi connectivity index (χ0v) is 8.28. The highest BCUT2D eigenvalue weighted by molar-refractivity contribution is 6.30. The molecule has 15 heavy (non-hydrogen) atoms. The molecule has 0 aromatic heterocycles. The monoisotopic (exact) mass is 233 g/mol. The van der Waals surface area contributed by atoms with Gasteiger partial charge in [-0.05, 0) is 18.2 Å². The highest BCUT2D eigenvalue weighted by atomic mass is 35.5. The number of nitrogens with two attached hydrogens (primary N) is 1. The molecule has 0 spiro atoms. The maximum atomic E-state index is 13.2. The van der Waals surface area contributed by atoms with Crippen molar-refractivity contribution in [2.45, 2.75) is 12.1 Å². The SMILES string of the molecule is NC(C(=O)O)C(O)c1cc(Cl)ccc1F. The number of rotatable bonds is 3. The van der Waals surface area contributed by atoms with Crippen molar-refractivity contribution in [2.75, 3.05) is 0 Å². The molecule has 0 aliphatic heterocycles. The fraction of sp³-hybridized carbons (Fsp3) is 0.222. The van der Waals surface area contributed by atoms with Crippen molar-refractivity contribution < 1.29 is 19.4 Å². The molecule has 4 nitrogen and oxygen atoms in total. The van der Waals surface area contributed by atoms with Crippen molar-refractivity contribution in [3.05, 3.63) is 34.6 Å². The summed E-state index contributed by atoms with van der Waals surface area (Å²) in [6.45, 7) is 0. The van der Waals surface area contributed by atoms with Crippen molar-refractivity contribution in [3.63, 3.8) is 0 Å². The quantitative estimate of drug-likeness (QED) is 0.725. The van der Waals surface area contributed by atoms with E-state index in [1.54, 1.807) is 0 Å². The number of benzene rings is 1. The largest absolute Gasteiger partial charge is 0.480 e. The average molecular weight is 234 g/mol. The molecule has 0 saturated carbocycles. The third-order valence-electron chi connectivity index (χ3n) is 1.90. The minimum absolute atomic E-state index is 0.197. The van der Waals surface area contributed by atoms with Crippen molar-refractivity contribution in [2.24, 2.45) is 5.73 Å². The fourth-order valence-corrected chi connectivity index (χ4v) is 1.25. The highest BCUT2D eigenvalue weighted by Gasteiger charge is 2.26. The summed E-state index contributed by atoms with van der Waals surface area (Å²) < 4.78 is 13.2. The molecule has 0 amide bonds. The minimum Gasteiger partial charge on any atom is -0.480 e. The maximum Gasteiger partial charge on any atom is 0.323 e. The Morgan fingerprint density at radius 3 is 2.67 bits per heavy atom. The van der Waals surface area contributed by atoms with Gasteiger partial charge in [0.25, 0.3) is 0 Å². The summed E-state index contributed by atoms with van der Waals surface area (Å²) in [4.78, 5) is 10.5. The van der Waals surface area contributed by atoms with Gasteiger partial charge in [0, 0.05) is 10.6 Å². The van der Waals surface area contributed by atoms with Crippen LogP contribution < -0.4 is 5.73 Å². The second kappa shape index (κ2) is 4.57. The predicted molar refractivity (Wildman–Crippen MR) is 52.0 cm³/mol. The Labute approximate surface area is 90.1 Å². The van der Waals surface area contributed by atoms with Crippen LogP contribution in [-0.4, -0.2) is 22.2 Å². The smallest absolute Gasteiger partial charge is 0.323 e. The lowest BCUT2D eigenvalue weighted by atomic mass is 10.0. The number of carboxylic acid groups (broad SMARTS) is 1. The number of hydrogen-bond donors (Lipinski definition) is 3. The van der Waals surface area contributed by atoms with Crippen molar-refractivity contribution in [1.29, 1.82) is 0 Å². The molecule has 2 unspecified atom stereocenters. The van der Waals surface area contributed by atoms with E-state index in [0.717, 1.165) is 12.1 Å². The minimum atomic E-state index is -1.62. The molecule has 2 atom stereocenters. The Balaban J connectivity index is 3.04. The van der Waals surface area contributed by atoms with E-state index in [1.165, 1.54) is 6.07 Å². The zero-order valence-electron chi connectivity index (χ0n) is 7.52. The summed E-state index contributed by atoms with van der Waals surface area (Å²) in [5.74, 6) is -2.16. The van der Waals surface area contributed by atoms with Crippen LogP contribution in [0.15, 0.2) is 18.2 Å². The molecule has 0 heterocycles. The number of aliphatic carboxylic acids is 1. The molecule has 0 saturated heterocycles. The van der Waals surface area contributed by atoms with Crippen LogP contribution >= 0.6 is 11.6 Å². The number of carboxylic acids is 1. The third kappa shape index (κ3) is 2.65. The van der Waals surface area contributed by atoms with Gasteiger partial charge < -0.3 is 15.9 Å². The van der Waals surface area contributed by atoms with Crippen LogP contribution in [0, 0.1) is 5.82 Å². The normalized spacial score (nSPS) is 14.7. The summed E-state index contributed by atoms with van der Waals surface area (Å²) in [6.07, 6.45) is -1.62. The van der Waals surface area contributed by atoms with Crippen molar-refractivity contribution in [1.82, 2.24) is 0 Å². The molecular weight excluding hydrogens is 225 g/mol. The molecular formula is C9H9ClFNO3. The van der Waals surface area contributed by atoms with Gasteiger partial charge in [-0.3, -0.25) is 4.79 Å². The molecule has 0 aliphatic rings. The van der Waals surface area contributed by atoms with E-state index < -0.39 is 23.9 Å². The van der Waals surface area contributed by atoms with Gasteiger partial charge in [0.1, 0.15) is 18.0 Å². The molecule has 1 aromatic carbocycles. The van der Waals surface area contributed by atoms with Gasteiger partial charge in [-0.2, -0.15) is 0 Å². The number of aliphatic hydroxyl groups is 1. The van der Waals surface area contributed by atoms with Crippen molar-refractivity contribution in [3.8, 4) is 0 Å². The third-order valence-corrected chi connectivity index (χ3v) is 2.14. The summed E-state index contributed by atoms with van der Waals surface area (Å²) in [5, 5.41) is 18.2. The van der Waals surface area contributed by atoms with E-state index in [0.29, 0.717) is 0 Å². The standard InChI is InChI=1S/C9H9ClFNO3/c10-4-1-2-6(11)5(3-4)8(13)7(12)9(14)15/h1-3,7-8,13H,12H2,(H,14,15). The van der Waals surface area contributed by atoms with Gasteiger partial charge in [0.2, 0.25) is 0 Å². The Morgan fingerprint density at radius 1 is 1.53 bits per heavy atom. The summed E-state index contributed by atoms with van der Waals surface area (Å²) in [6, 6.07) is 1.89. The van der Waals surface area contributed by atoms with Gasteiger partial charge in [0.05, 0.1) is 0 Å². The highest BCUT2D eigenvalue weighted by Crippen LogP contribution is 2.23. The second-order valence-electron chi connectivity index (χ2n) is 2.97. The van der Waals surface area contributed by atoms with E-state index in [-0.39, 0.29) is 10.6 Å². The van der Waals surface area contributed by atoms with Gasteiger partial charge in [-0.15, -0.1) is 0 Å². The first kappa shape index (κ1) is 11.9. The van der Waals surface area contributed by atoms with E-state index in [1.807, 2.05) is 0 Å². The number of hydrogen-bond acceptors (Lipinski definition) is 3. The topological polar surface area (TPSA) is 83.6 Å².